The minimum Gasteiger partial charge on any atom is -0.444 e. The zero-order valence-electron chi connectivity index (χ0n) is 22.1. The first kappa shape index (κ1) is 26.7. The molecular weight excluding hydrogens is 458 g/mol. The third kappa shape index (κ3) is 6.68. The van der Waals surface area contributed by atoms with Crippen molar-refractivity contribution in [1.29, 1.82) is 0 Å². The first-order valence-electron chi connectivity index (χ1n) is 13.9. The third-order valence-corrected chi connectivity index (χ3v) is 7.95. The van der Waals surface area contributed by atoms with Crippen LogP contribution in [0.1, 0.15) is 91.4 Å². The Bertz CT molecular complexity index is 890. The van der Waals surface area contributed by atoms with Crippen LogP contribution in [-0.2, 0) is 19.1 Å². The third-order valence-electron chi connectivity index (χ3n) is 7.95. The van der Waals surface area contributed by atoms with Gasteiger partial charge in [-0.25, -0.2) is 4.79 Å². The molecule has 0 aromatic heterocycles. The minimum atomic E-state index is -0.724. The second-order valence-corrected chi connectivity index (χ2v) is 12.2. The van der Waals surface area contributed by atoms with Gasteiger partial charge in [0.25, 0.3) is 0 Å². The molecule has 2 aliphatic heterocycles. The van der Waals surface area contributed by atoms with Crippen molar-refractivity contribution in [3.63, 3.8) is 0 Å². The molecule has 0 bridgehead atoms. The van der Waals surface area contributed by atoms with E-state index in [1.807, 2.05) is 0 Å². The van der Waals surface area contributed by atoms with E-state index in [0.29, 0.717) is 38.3 Å². The van der Waals surface area contributed by atoms with Crippen molar-refractivity contribution in [3.05, 3.63) is 12.2 Å². The molecule has 2 N–H and O–H groups in total. The highest BCUT2D eigenvalue weighted by Gasteiger charge is 2.60. The Hall–Kier alpha value is -2.38. The zero-order chi connectivity index (χ0) is 25.9. The number of Topliss-reactive ketones (excluding diaryl/α,β-unsaturated/α-hetero) is 1. The maximum absolute atomic E-state index is 13.6. The van der Waals surface area contributed by atoms with Crippen LogP contribution in [0.4, 0.5) is 4.79 Å². The maximum Gasteiger partial charge on any atom is 0.408 e. The van der Waals surface area contributed by atoms with Crippen LogP contribution in [0.5, 0.6) is 0 Å². The molecular formula is C28H43N3O5. The first-order valence-corrected chi connectivity index (χ1v) is 13.9. The van der Waals surface area contributed by atoms with Gasteiger partial charge >= 0.3 is 6.09 Å². The minimum absolute atomic E-state index is 0.0120. The Morgan fingerprint density at radius 1 is 1.08 bits per heavy atom. The number of ketones is 1. The van der Waals surface area contributed by atoms with Gasteiger partial charge in [0.15, 0.2) is 5.78 Å². The smallest absolute Gasteiger partial charge is 0.408 e. The van der Waals surface area contributed by atoms with Gasteiger partial charge in [-0.1, -0.05) is 25.0 Å². The highest BCUT2D eigenvalue weighted by atomic mass is 16.6. The van der Waals surface area contributed by atoms with Gasteiger partial charge in [0.2, 0.25) is 11.8 Å². The number of alkyl carbamates (subject to hydrolysis) is 1. The number of allylic oxidation sites excluding steroid dienone is 2. The molecule has 200 valence electrons. The van der Waals surface area contributed by atoms with Crippen LogP contribution >= 0.6 is 0 Å². The summed E-state index contributed by atoms with van der Waals surface area (Å²) in [5.41, 5.74) is -1.35. The van der Waals surface area contributed by atoms with Gasteiger partial charge in [0.1, 0.15) is 11.6 Å². The van der Waals surface area contributed by atoms with Crippen molar-refractivity contribution in [2.24, 2.45) is 17.3 Å². The highest BCUT2D eigenvalue weighted by molar-refractivity contribution is 5.97. The van der Waals surface area contributed by atoms with Crippen molar-refractivity contribution in [2.45, 2.75) is 109 Å². The van der Waals surface area contributed by atoms with Gasteiger partial charge in [0.05, 0.1) is 11.5 Å². The fraction of sp³-hybridized carbons (Fsp3) is 0.786. The molecule has 8 nitrogen and oxygen atoms in total. The molecule has 2 heterocycles. The number of amides is 3. The quantitative estimate of drug-likeness (QED) is 0.569. The second kappa shape index (κ2) is 10.9. The van der Waals surface area contributed by atoms with E-state index >= 15 is 0 Å². The lowest BCUT2D eigenvalue weighted by molar-refractivity contribution is -0.140. The lowest BCUT2D eigenvalue weighted by Crippen LogP contribution is -2.52. The van der Waals surface area contributed by atoms with E-state index < -0.39 is 29.2 Å². The van der Waals surface area contributed by atoms with Gasteiger partial charge in [-0.3, -0.25) is 14.4 Å². The van der Waals surface area contributed by atoms with E-state index in [9.17, 15) is 19.2 Å². The number of ether oxygens (including phenoxy) is 1. The highest BCUT2D eigenvalue weighted by Crippen LogP contribution is 2.57. The Morgan fingerprint density at radius 3 is 2.58 bits per heavy atom. The number of nitrogens with one attached hydrogen (secondary N) is 2. The van der Waals surface area contributed by atoms with Crippen LogP contribution in [0.3, 0.4) is 0 Å². The molecule has 0 unspecified atom stereocenters. The summed E-state index contributed by atoms with van der Waals surface area (Å²) in [6.07, 6.45) is 12.3. The maximum atomic E-state index is 13.6. The normalized spacial score (nSPS) is 32.4. The van der Waals surface area contributed by atoms with Crippen LogP contribution in [0, 0.1) is 17.3 Å². The van der Waals surface area contributed by atoms with Gasteiger partial charge in [-0.2, -0.15) is 0 Å². The molecule has 4 aliphatic rings. The molecule has 3 amide bonds. The Morgan fingerprint density at radius 2 is 1.86 bits per heavy atom. The molecule has 0 radical (unpaired) electrons. The standard InChI is InChI=1S/C28H43N3O5/c1-27(2,3)36-26(35)30-21-11-8-6-4-5-7-10-20-16-28(20,25(34)29-18-19-13-14-19)17-23(32)22-12-9-15-31(22)24(21)33/h7,10,19-22H,4-6,8-9,11-18H2,1-3H3,(H,29,34)(H,30,35)/b10-7-/t20-,21+,22+,28-/m1/s1. The number of hydrogen-bond acceptors (Lipinski definition) is 5. The molecule has 3 fully saturated rings. The molecule has 4 atom stereocenters. The van der Waals surface area contributed by atoms with Crippen LogP contribution in [0.2, 0.25) is 0 Å². The Labute approximate surface area is 214 Å². The molecule has 4 rings (SSSR count). The molecule has 2 aliphatic carbocycles. The SMILES string of the molecule is CC(C)(C)OC(=O)N[C@H]1CCCCC/C=C\[C@@H]2C[C@@]2(C(=O)NCC2CC2)CC(=O)[C@@H]2CCCN2C1=O. The topological polar surface area (TPSA) is 105 Å². The number of rotatable bonds is 4. The molecule has 1 saturated heterocycles. The van der Waals surface area contributed by atoms with E-state index in [4.69, 9.17) is 4.74 Å². The number of hydrogen-bond donors (Lipinski definition) is 2. The fourth-order valence-electron chi connectivity index (χ4n) is 5.61. The number of carbonyl (C=O) groups excluding carboxylic acids is 4. The van der Waals surface area contributed by atoms with Crippen LogP contribution in [0.15, 0.2) is 12.2 Å². The molecule has 0 aromatic carbocycles. The summed E-state index contributed by atoms with van der Waals surface area (Å²) >= 11 is 0. The van der Waals surface area contributed by atoms with E-state index in [1.165, 1.54) is 0 Å². The Balaban J connectivity index is 1.50. The molecule has 0 aromatic rings. The molecule has 36 heavy (non-hydrogen) atoms. The van der Waals surface area contributed by atoms with E-state index in [-0.39, 0.29) is 29.9 Å². The predicted molar refractivity (Wildman–Crippen MR) is 136 cm³/mol. The summed E-state index contributed by atoms with van der Waals surface area (Å²) in [4.78, 5) is 54.6. The fourth-order valence-corrected chi connectivity index (χ4v) is 5.61. The molecule has 2 saturated carbocycles. The van der Waals surface area contributed by atoms with Crippen LogP contribution < -0.4 is 10.6 Å². The number of fused-ring (bicyclic) bond motifs is 2. The van der Waals surface area contributed by atoms with Crippen LogP contribution in [-0.4, -0.2) is 59.4 Å². The second-order valence-electron chi connectivity index (χ2n) is 12.2. The molecule has 0 spiro atoms. The summed E-state index contributed by atoms with van der Waals surface area (Å²) < 4.78 is 5.41. The first-order chi connectivity index (χ1) is 17.1. The largest absolute Gasteiger partial charge is 0.444 e. The summed E-state index contributed by atoms with van der Waals surface area (Å²) in [5, 5.41) is 5.89. The van der Waals surface area contributed by atoms with Gasteiger partial charge in [-0.05, 0) is 84.0 Å². The molecule has 8 heteroatoms. The van der Waals surface area contributed by atoms with Crippen molar-refractivity contribution >= 4 is 23.7 Å². The zero-order valence-corrected chi connectivity index (χ0v) is 22.1. The average molecular weight is 502 g/mol. The van der Waals surface area contributed by atoms with Crippen molar-refractivity contribution in [2.75, 3.05) is 13.1 Å². The van der Waals surface area contributed by atoms with Crippen molar-refractivity contribution < 1.29 is 23.9 Å². The Kier molecular flexibility index (Phi) is 8.10. The average Bonchev–Trinajstić information content (AvgIpc) is 3.70. The summed E-state index contributed by atoms with van der Waals surface area (Å²) in [6, 6.07) is -1.26. The number of carbonyl (C=O) groups is 4. The van der Waals surface area contributed by atoms with Gasteiger partial charge in [0, 0.05) is 19.5 Å². The summed E-state index contributed by atoms with van der Waals surface area (Å²) in [5.74, 6) is 0.391. The van der Waals surface area contributed by atoms with E-state index in [2.05, 4.69) is 22.8 Å². The summed E-state index contributed by atoms with van der Waals surface area (Å²) in [7, 11) is 0. The number of nitrogens with zero attached hydrogens (tertiary/aromatic N) is 1. The lowest BCUT2D eigenvalue weighted by atomic mass is 9.91. The summed E-state index contributed by atoms with van der Waals surface area (Å²) in [6.45, 7) is 6.54. The lowest BCUT2D eigenvalue weighted by Gasteiger charge is -2.30. The van der Waals surface area contributed by atoms with Crippen LogP contribution in [0.25, 0.3) is 0 Å². The van der Waals surface area contributed by atoms with Crippen molar-refractivity contribution in [1.82, 2.24) is 15.5 Å². The predicted octanol–water partition coefficient (Wildman–Crippen LogP) is 3.88. The van der Waals surface area contributed by atoms with Gasteiger partial charge < -0.3 is 20.3 Å². The van der Waals surface area contributed by atoms with Gasteiger partial charge in [-0.15, -0.1) is 0 Å². The van der Waals surface area contributed by atoms with E-state index in [0.717, 1.165) is 44.9 Å². The van der Waals surface area contributed by atoms with Crippen molar-refractivity contribution in [3.8, 4) is 0 Å². The van der Waals surface area contributed by atoms with E-state index in [1.54, 1.807) is 25.7 Å². The monoisotopic (exact) mass is 501 g/mol.